The molecule has 0 heterocycles. The monoisotopic (exact) mass is 198 g/mol. The number of hydrogen-bond donors (Lipinski definition) is 1. The zero-order valence-electron chi connectivity index (χ0n) is 8.59. The van der Waals surface area contributed by atoms with Gasteiger partial charge in [-0.2, -0.15) is 0 Å². The van der Waals surface area contributed by atoms with Crippen LogP contribution in [0.3, 0.4) is 0 Å². The van der Waals surface area contributed by atoms with Crippen molar-refractivity contribution in [1.29, 1.82) is 0 Å². The van der Waals surface area contributed by atoms with Gasteiger partial charge < -0.3 is 9.84 Å². The summed E-state index contributed by atoms with van der Waals surface area (Å²) in [5.41, 5.74) is -1.52. The first-order valence-electron chi connectivity index (χ1n) is 4.26. The molecule has 4 nitrogen and oxygen atoms in total. The van der Waals surface area contributed by atoms with Crippen molar-refractivity contribution in [3.05, 3.63) is 0 Å². The molecule has 0 aliphatic heterocycles. The Balaban J connectivity index is 5.04. The number of carboxylic acids is 1. The van der Waals surface area contributed by atoms with Crippen molar-refractivity contribution in [2.24, 2.45) is 5.41 Å². The zero-order chi connectivity index (χ0) is 11.2. The average Bonchev–Trinajstić information content (AvgIpc) is 2.18. The summed E-state index contributed by atoms with van der Waals surface area (Å²) in [6.45, 7) is 3.22. The Hall–Kier alpha value is -1.50. The Bertz CT molecular complexity index is 284. The molecule has 0 saturated carbocycles. The molecule has 0 bridgehead atoms. The third-order valence-corrected chi connectivity index (χ3v) is 2.16. The second-order valence-corrected chi connectivity index (χ2v) is 2.84. The van der Waals surface area contributed by atoms with Crippen molar-refractivity contribution < 1.29 is 19.4 Å². The highest BCUT2D eigenvalue weighted by atomic mass is 16.5. The van der Waals surface area contributed by atoms with E-state index in [2.05, 4.69) is 16.6 Å². The number of methoxy groups -OCH3 is 1. The summed E-state index contributed by atoms with van der Waals surface area (Å²) in [7, 11) is 1.18. The lowest BCUT2D eigenvalue weighted by molar-refractivity contribution is -0.166. The van der Waals surface area contributed by atoms with E-state index in [1.165, 1.54) is 7.11 Å². The first-order valence-corrected chi connectivity index (χ1v) is 4.26. The Morgan fingerprint density at radius 1 is 1.50 bits per heavy atom. The molecule has 0 aliphatic carbocycles. The molecule has 78 valence electrons. The quantitative estimate of drug-likeness (QED) is 0.416. The molecule has 0 aromatic carbocycles. The van der Waals surface area contributed by atoms with Crippen LogP contribution in [-0.4, -0.2) is 24.2 Å². The number of carbonyl (C=O) groups excluding carboxylic acids is 1. The number of aliphatic carboxylic acids is 1. The molecular weight excluding hydrogens is 184 g/mol. The fraction of sp³-hybridized carbons (Fsp3) is 0.600. The van der Waals surface area contributed by atoms with E-state index in [1.54, 1.807) is 13.8 Å². The third-order valence-electron chi connectivity index (χ3n) is 2.16. The van der Waals surface area contributed by atoms with Crippen molar-refractivity contribution >= 4 is 11.9 Å². The Morgan fingerprint density at radius 3 is 2.36 bits per heavy atom. The number of ether oxygens (including phenoxy) is 1. The molecule has 0 saturated heterocycles. The highest BCUT2D eigenvalue weighted by Crippen LogP contribution is 2.28. The van der Waals surface area contributed by atoms with Crippen LogP contribution < -0.4 is 0 Å². The smallest absolute Gasteiger partial charge is 0.324 e. The van der Waals surface area contributed by atoms with Crippen LogP contribution in [0, 0.1) is 17.3 Å². The fourth-order valence-corrected chi connectivity index (χ4v) is 1.09. The predicted octanol–water partition coefficient (Wildman–Crippen LogP) is 1.05. The van der Waals surface area contributed by atoms with Gasteiger partial charge in [-0.3, -0.25) is 9.59 Å². The van der Waals surface area contributed by atoms with Gasteiger partial charge in [0, 0.05) is 6.42 Å². The van der Waals surface area contributed by atoms with Gasteiger partial charge in [0.25, 0.3) is 0 Å². The minimum absolute atomic E-state index is 0.0119. The molecule has 0 aromatic rings. The van der Waals surface area contributed by atoms with Crippen molar-refractivity contribution in [2.45, 2.75) is 26.7 Å². The molecule has 1 unspecified atom stereocenters. The van der Waals surface area contributed by atoms with Gasteiger partial charge in [0.2, 0.25) is 0 Å². The van der Waals surface area contributed by atoms with E-state index >= 15 is 0 Å². The number of esters is 1. The van der Waals surface area contributed by atoms with Gasteiger partial charge in [-0.1, -0.05) is 6.92 Å². The van der Waals surface area contributed by atoms with Gasteiger partial charge in [0.15, 0.2) is 5.41 Å². The number of hydrogen-bond acceptors (Lipinski definition) is 3. The standard InChI is InChI=1S/C10H14O4/c1-4-6-7-10(5-2,8(11)12)9(13)14-3/h5,7H2,1-3H3,(H,11,12). The predicted molar refractivity (Wildman–Crippen MR) is 50.4 cm³/mol. The molecule has 1 atom stereocenters. The number of rotatable bonds is 4. The summed E-state index contributed by atoms with van der Waals surface area (Å²) in [6.07, 6.45) is 0.158. The molecular formula is C10H14O4. The molecule has 0 radical (unpaired) electrons. The topological polar surface area (TPSA) is 63.6 Å². The summed E-state index contributed by atoms with van der Waals surface area (Å²) >= 11 is 0. The van der Waals surface area contributed by atoms with E-state index in [-0.39, 0.29) is 12.8 Å². The lowest BCUT2D eigenvalue weighted by atomic mass is 9.82. The lowest BCUT2D eigenvalue weighted by Gasteiger charge is -2.22. The maximum Gasteiger partial charge on any atom is 0.324 e. The van der Waals surface area contributed by atoms with E-state index in [0.29, 0.717) is 0 Å². The zero-order valence-corrected chi connectivity index (χ0v) is 8.59. The SMILES string of the molecule is CC#CCC(CC)(C(=O)O)C(=O)OC. The molecule has 0 rings (SSSR count). The van der Waals surface area contributed by atoms with E-state index in [1.807, 2.05) is 0 Å². The molecule has 0 fully saturated rings. The van der Waals surface area contributed by atoms with Crippen LogP contribution in [0.5, 0.6) is 0 Å². The van der Waals surface area contributed by atoms with Crippen LogP contribution >= 0.6 is 0 Å². The maximum atomic E-state index is 11.3. The Labute approximate surface area is 83.3 Å². The van der Waals surface area contributed by atoms with Gasteiger partial charge in [-0.15, -0.1) is 11.8 Å². The second-order valence-electron chi connectivity index (χ2n) is 2.84. The van der Waals surface area contributed by atoms with Gasteiger partial charge in [-0.05, 0) is 13.3 Å². The minimum atomic E-state index is -1.52. The van der Waals surface area contributed by atoms with Crippen molar-refractivity contribution in [3.8, 4) is 11.8 Å². The highest BCUT2D eigenvalue weighted by molar-refractivity contribution is 5.99. The first kappa shape index (κ1) is 12.5. The van der Waals surface area contributed by atoms with E-state index in [9.17, 15) is 9.59 Å². The molecule has 0 aromatic heterocycles. The molecule has 4 heteroatoms. The summed E-state index contributed by atoms with van der Waals surface area (Å²) in [5, 5.41) is 8.98. The van der Waals surface area contributed by atoms with Crippen molar-refractivity contribution in [3.63, 3.8) is 0 Å². The molecule has 0 aliphatic rings. The second kappa shape index (κ2) is 5.28. The maximum absolute atomic E-state index is 11.3. The first-order chi connectivity index (χ1) is 6.55. The van der Waals surface area contributed by atoms with Crippen LogP contribution in [0.15, 0.2) is 0 Å². The molecule has 14 heavy (non-hydrogen) atoms. The lowest BCUT2D eigenvalue weighted by Crippen LogP contribution is -2.39. The van der Waals surface area contributed by atoms with Crippen LogP contribution in [0.4, 0.5) is 0 Å². The van der Waals surface area contributed by atoms with Crippen LogP contribution in [0.2, 0.25) is 0 Å². The van der Waals surface area contributed by atoms with Crippen LogP contribution in [0.1, 0.15) is 26.7 Å². The highest BCUT2D eigenvalue weighted by Gasteiger charge is 2.45. The van der Waals surface area contributed by atoms with E-state index < -0.39 is 17.4 Å². The number of carboxylic acid groups (broad SMARTS) is 1. The van der Waals surface area contributed by atoms with E-state index in [4.69, 9.17) is 5.11 Å². The molecule has 1 N–H and O–H groups in total. The largest absolute Gasteiger partial charge is 0.480 e. The average molecular weight is 198 g/mol. The van der Waals surface area contributed by atoms with E-state index in [0.717, 1.165) is 0 Å². The van der Waals surface area contributed by atoms with Gasteiger partial charge in [0.1, 0.15) is 0 Å². The Morgan fingerprint density at radius 2 is 2.07 bits per heavy atom. The summed E-state index contributed by atoms with van der Waals surface area (Å²) in [6, 6.07) is 0. The van der Waals surface area contributed by atoms with Crippen molar-refractivity contribution in [2.75, 3.05) is 7.11 Å². The fourth-order valence-electron chi connectivity index (χ4n) is 1.09. The summed E-state index contributed by atoms with van der Waals surface area (Å²) in [4.78, 5) is 22.3. The normalized spacial score (nSPS) is 13.4. The minimum Gasteiger partial charge on any atom is -0.480 e. The van der Waals surface area contributed by atoms with Crippen LogP contribution in [-0.2, 0) is 14.3 Å². The van der Waals surface area contributed by atoms with Gasteiger partial charge >= 0.3 is 11.9 Å². The van der Waals surface area contributed by atoms with Gasteiger partial charge in [0.05, 0.1) is 7.11 Å². The number of carbonyl (C=O) groups is 2. The Kier molecular flexibility index (Phi) is 4.71. The summed E-state index contributed by atoms with van der Waals surface area (Å²) < 4.78 is 4.48. The third kappa shape index (κ3) is 2.25. The summed E-state index contributed by atoms with van der Waals surface area (Å²) in [5.74, 6) is 3.25. The van der Waals surface area contributed by atoms with Crippen LogP contribution in [0.25, 0.3) is 0 Å². The van der Waals surface area contributed by atoms with Crippen molar-refractivity contribution in [1.82, 2.24) is 0 Å². The molecule has 0 amide bonds. The molecule has 0 spiro atoms. The van der Waals surface area contributed by atoms with Gasteiger partial charge in [-0.25, -0.2) is 0 Å².